The van der Waals surface area contributed by atoms with Crippen molar-refractivity contribution in [1.82, 2.24) is 0 Å². The predicted molar refractivity (Wildman–Crippen MR) is 177 cm³/mol. The number of carbonyl (C=O) groups excluding carboxylic acids is 2. The van der Waals surface area contributed by atoms with E-state index in [-0.39, 0.29) is 0 Å². The Hall–Kier alpha value is -6.16. The molecule has 4 aromatic carbocycles. The first-order valence-electron chi connectivity index (χ1n) is 13.9. The fourth-order valence-electron chi connectivity index (χ4n) is 3.99. The molecule has 0 amide bonds. The van der Waals surface area contributed by atoms with Crippen molar-refractivity contribution in [3.05, 3.63) is 119 Å². The molecule has 0 saturated carbocycles. The molecule has 234 valence electrons. The number of esters is 2. The van der Waals surface area contributed by atoms with Gasteiger partial charge in [0.2, 0.25) is 0 Å². The number of carbonyl (C=O) groups is 2. The first kappa shape index (κ1) is 32.7. The van der Waals surface area contributed by atoms with E-state index in [1.807, 2.05) is 0 Å². The van der Waals surface area contributed by atoms with Crippen LogP contribution in [0.4, 0.5) is 0 Å². The molecule has 0 spiro atoms. The molecule has 46 heavy (non-hydrogen) atoms. The Morgan fingerprint density at radius 2 is 0.826 bits per heavy atom. The van der Waals surface area contributed by atoms with Crippen molar-refractivity contribution in [2.24, 2.45) is 10.2 Å². The molecule has 0 heterocycles. The lowest BCUT2D eigenvalue weighted by Gasteiger charge is -2.07. The monoisotopic (exact) mass is 620 g/mol. The largest absolute Gasteiger partial charge is 0.493 e. The maximum atomic E-state index is 12.2. The molecule has 0 saturated heterocycles. The molecule has 0 unspecified atom stereocenters. The van der Waals surface area contributed by atoms with E-state index in [0.717, 1.165) is 22.3 Å². The minimum absolute atomic E-state index is 0.389. The highest BCUT2D eigenvalue weighted by Gasteiger charge is 2.06. The van der Waals surface area contributed by atoms with Crippen molar-refractivity contribution >= 4 is 36.5 Å². The van der Waals surface area contributed by atoms with Crippen LogP contribution in [0.1, 0.15) is 22.3 Å². The second-order valence-corrected chi connectivity index (χ2v) is 9.36. The molecule has 0 N–H and O–H groups in total. The van der Waals surface area contributed by atoms with Gasteiger partial charge in [-0.1, -0.05) is 12.1 Å². The van der Waals surface area contributed by atoms with E-state index in [2.05, 4.69) is 10.2 Å². The van der Waals surface area contributed by atoms with Gasteiger partial charge in [0.05, 0.1) is 40.9 Å². The van der Waals surface area contributed by atoms with Crippen molar-refractivity contribution in [2.75, 3.05) is 28.4 Å². The number of benzene rings is 4. The van der Waals surface area contributed by atoms with Gasteiger partial charge < -0.3 is 28.4 Å². The Morgan fingerprint density at radius 3 is 1.17 bits per heavy atom. The molecule has 10 heteroatoms. The molecular weight excluding hydrogens is 588 g/mol. The molecule has 0 aliphatic carbocycles. The van der Waals surface area contributed by atoms with E-state index in [9.17, 15) is 9.59 Å². The van der Waals surface area contributed by atoms with Crippen molar-refractivity contribution in [3.8, 4) is 34.5 Å². The highest BCUT2D eigenvalue weighted by atomic mass is 16.5. The summed E-state index contributed by atoms with van der Waals surface area (Å²) in [6.07, 6.45) is 9.07. The van der Waals surface area contributed by atoms with Gasteiger partial charge in [0.1, 0.15) is 11.5 Å². The van der Waals surface area contributed by atoms with Gasteiger partial charge >= 0.3 is 11.9 Å². The topological polar surface area (TPSA) is 114 Å². The van der Waals surface area contributed by atoms with E-state index >= 15 is 0 Å². The second kappa shape index (κ2) is 16.6. The average Bonchev–Trinajstić information content (AvgIpc) is 3.09. The maximum Gasteiger partial charge on any atom is 0.336 e. The number of ether oxygens (including phenoxy) is 6. The van der Waals surface area contributed by atoms with Gasteiger partial charge in [-0.15, -0.1) is 0 Å². The molecular formula is C36H32N2O8. The Labute approximate surface area is 266 Å². The molecule has 0 atom stereocenters. The summed E-state index contributed by atoms with van der Waals surface area (Å²) in [5.41, 5.74) is 3.05. The summed E-state index contributed by atoms with van der Waals surface area (Å²) in [6.45, 7) is 0. The molecule has 0 radical (unpaired) electrons. The third-order valence-corrected chi connectivity index (χ3v) is 6.32. The van der Waals surface area contributed by atoms with Gasteiger partial charge in [0.25, 0.3) is 0 Å². The zero-order valence-electron chi connectivity index (χ0n) is 25.7. The predicted octanol–water partition coefficient (Wildman–Crippen LogP) is 6.41. The normalized spacial score (nSPS) is 11.3. The Balaban J connectivity index is 1.23. The van der Waals surface area contributed by atoms with Crippen LogP contribution in [-0.2, 0) is 9.59 Å². The van der Waals surface area contributed by atoms with E-state index in [0.29, 0.717) is 34.5 Å². The van der Waals surface area contributed by atoms with Crippen LogP contribution in [0, 0.1) is 0 Å². The SMILES string of the molecule is COc1ccc(/C=C/C(=O)Oc2ccc(/C=N\N=C/c3ccc(OC(=O)/C=C/c4ccc(OC)c(OC)c4)cc3)cc2)cc1OC. The van der Waals surface area contributed by atoms with Gasteiger partial charge in [-0.2, -0.15) is 10.2 Å². The number of rotatable bonds is 13. The standard InChI is InChI=1S/C36H32N2O8/c1-41-31-17-9-25(21-33(31)43-3)11-19-35(39)45-29-13-5-27(6-14-29)23-37-38-24-28-7-15-30(16-8-28)46-36(40)20-12-26-10-18-32(42-2)34(22-26)44-4/h5-24H,1-4H3/b19-11+,20-12+,37-23-,38-24-. The van der Waals surface area contributed by atoms with Gasteiger partial charge in [0, 0.05) is 12.2 Å². The lowest BCUT2D eigenvalue weighted by atomic mass is 10.2. The third kappa shape index (κ3) is 9.68. The third-order valence-electron chi connectivity index (χ3n) is 6.32. The molecule has 0 aliphatic rings. The highest BCUT2D eigenvalue weighted by Crippen LogP contribution is 2.29. The fourth-order valence-corrected chi connectivity index (χ4v) is 3.99. The van der Waals surface area contributed by atoms with Crippen LogP contribution in [-0.4, -0.2) is 52.8 Å². The quantitative estimate of drug-likeness (QED) is 0.0554. The number of hydrogen-bond acceptors (Lipinski definition) is 10. The summed E-state index contributed by atoms with van der Waals surface area (Å²) < 4.78 is 31.7. The van der Waals surface area contributed by atoms with Crippen LogP contribution in [0.3, 0.4) is 0 Å². The van der Waals surface area contributed by atoms with Crippen LogP contribution >= 0.6 is 0 Å². The van der Waals surface area contributed by atoms with E-state index in [1.54, 1.807) is 138 Å². The fraction of sp³-hybridized carbons (Fsp3) is 0.111. The minimum Gasteiger partial charge on any atom is -0.493 e. The van der Waals surface area contributed by atoms with Gasteiger partial charge in [-0.05, 0) is 107 Å². The first-order valence-corrected chi connectivity index (χ1v) is 13.9. The van der Waals surface area contributed by atoms with Gasteiger partial charge in [-0.25, -0.2) is 9.59 Å². The summed E-state index contributed by atoms with van der Waals surface area (Å²) >= 11 is 0. The summed E-state index contributed by atoms with van der Waals surface area (Å²) in [5.74, 6) is 2.06. The molecule has 0 fully saturated rings. The Morgan fingerprint density at radius 1 is 0.478 bits per heavy atom. The van der Waals surface area contributed by atoms with Crippen molar-refractivity contribution in [3.63, 3.8) is 0 Å². The average molecular weight is 621 g/mol. The number of nitrogens with zero attached hydrogens (tertiary/aromatic N) is 2. The molecule has 10 nitrogen and oxygen atoms in total. The van der Waals surface area contributed by atoms with Crippen LogP contribution in [0.15, 0.2) is 107 Å². The van der Waals surface area contributed by atoms with E-state index in [1.165, 1.54) is 12.2 Å². The van der Waals surface area contributed by atoms with Crippen molar-refractivity contribution < 1.29 is 38.0 Å². The summed E-state index contributed by atoms with van der Waals surface area (Å²) in [7, 11) is 6.21. The second-order valence-electron chi connectivity index (χ2n) is 9.36. The Bertz CT molecular complexity index is 1630. The van der Waals surface area contributed by atoms with Crippen molar-refractivity contribution in [2.45, 2.75) is 0 Å². The lowest BCUT2D eigenvalue weighted by Crippen LogP contribution is -2.03. The van der Waals surface area contributed by atoms with Crippen LogP contribution in [0.2, 0.25) is 0 Å². The minimum atomic E-state index is -0.521. The molecule has 4 rings (SSSR count). The molecule has 0 aliphatic heterocycles. The smallest absolute Gasteiger partial charge is 0.336 e. The molecule has 0 bridgehead atoms. The molecule has 4 aromatic rings. The highest BCUT2D eigenvalue weighted by molar-refractivity contribution is 5.90. The maximum absolute atomic E-state index is 12.2. The van der Waals surface area contributed by atoms with Gasteiger partial charge in [-0.3, -0.25) is 0 Å². The van der Waals surface area contributed by atoms with E-state index in [4.69, 9.17) is 28.4 Å². The lowest BCUT2D eigenvalue weighted by molar-refractivity contribution is -0.129. The summed E-state index contributed by atoms with van der Waals surface area (Å²) in [5, 5.41) is 8.12. The zero-order valence-corrected chi connectivity index (χ0v) is 25.7. The van der Waals surface area contributed by atoms with Crippen LogP contribution < -0.4 is 28.4 Å². The molecule has 0 aromatic heterocycles. The first-order chi connectivity index (χ1) is 22.4. The number of hydrogen-bond donors (Lipinski definition) is 0. The van der Waals surface area contributed by atoms with Crippen LogP contribution in [0.25, 0.3) is 12.2 Å². The summed E-state index contributed by atoms with van der Waals surface area (Å²) in [4.78, 5) is 24.5. The Kier molecular flexibility index (Phi) is 11.8. The summed E-state index contributed by atoms with van der Waals surface area (Å²) in [6, 6.07) is 24.3. The number of methoxy groups -OCH3 is 4. The van der Waals surface area contributed by atoms with Crippen LogP contribution in [0.5, 0.6) is 34.5 Å². The van der Waals surface area contributed by atoms with E-state index < -0.39 is 11.9 Å². The zero-order chi connectivity index (χ0) is 32.7. The van der Waals surface area contributed by atoms with Gasteiger partial charge in [0.15, 0.2) is 23.0 Å². The van der Waals surface area contributed by atoms with Crippen molar-refractivity contribution in [1.29, 1.82) is 0 Å².